The van der Waals surface area contributed by atoms with E-state index in [-0.39, 0.29) is 0 Å². The molecule has 218 valence electrons. The maximum absolute atomic E-state index is 12.6. The summed E-state index contributed by atoms with van der Waals surface area (Å²) in [7, 11) is 4.16. The van der Waals surface area contributed by atoms with Gasteiger partial charge in [0.1, 0.15) is 5.01 Å². The summed E-state index contributed by atoms with van der Waals surface area (Å²) in [6.07, 6.45) is -0.0496. The number of likely N-dealkylation sites (N-methyl/N-ethyl adjacent to an activating group) is 1. The molecule has 3 heterocycles. The van der Waals surface area contributed by atoms with E-state index in [1.165, 1.54) is 0 Å². The van der Waals surface area contributed by atoms with Gasteiger partial charge in [-0.05, 0) is 95.2 Å². The van der Waals surface area contributed by atoms with Crippen molar-refractivity contribution in [1.82, 2.24) is 19.7 Å². The van der Waals surface area contributed by atoms with Crippen molar-refractivity contribution in [3.05, 3.63) is 70.4 Å². The van der Waals surface area contributed by atoms with Gasteiger partial charge >= 0.3 is 5.97 Å². The molecule has 6 rings (SSSR count). The number of fused-ring (bicyclic) bond motifs is 2. The lowest BCUT2D eigenvalue weighted by Gasteiger charge is -2.28. The number of aromatic nitrogens is 3. The molecular weight excluding hydrogens is 568 g/mol. The number of carboxylic acids is 1. The van der Waals surface area contributed by atoms with Crippen LogP contribution < -0.4 is 0 Å². The molecule has 5 aromatic rings. The standard InChI is InChI=1S/C33H35ClN4O3S/c1-18-15-24-30(27(19-7-10-22(34)11-8-19)26(18)29(32(39)40)41-33(2,3)4)42-31(35-24)20-9-12-25-23(16-20)28(36-38(25)6)21-13-14-37(5)17-21/h7-12,15-16,21,29H,13-14,17H2,1-6H3,(H,39,40). The molecule has 9 heteroatoms. The lowest BCUT2D eigenvalue weighted by atomic mass is 9.91. The quantitative estimate of drug-likeness (QED) is 0.213. The highest BCUT2D eigenvalue weighted by molar-refractivity contribution is 7.22. The monoisotopic (exact) mass is 602 g/mol. The Morgan fingerprint density at radius 2 is 1.83 bits per heavy atom. The van der Waals surface area contributed by atoms with Crippen molar-refractivity contribution in [2.45, 2.75) is 51.7 Å². The number of carbonyl (C=O) groups is 1. The van der Waals surface area contributed by atoms with Gasteiger partial charge in [0.2, 0.25) is 0 Å². The summed E-state index contributed by atoms with van der Waals surface area (Å²) < 4.78 is 9.05. The molecule has 0 aliphatic carbocycles. The Balaban J connectivity index is 1.55. The van der Waals surface area contributed by atoms with Gasteiger partial charge in [-0.25, -0.2) is 9.78 Å². The molecule has 7 nitrogen and oxygen atoms in total. The molecule has 1 saturated heterocycles. The highest BCUT2D eigenvalue weighted by Gasteiger charge is 2.32. The van der Waals surface area contributed by atoms with E-state index >= 15 is 0 Å². The molecule has 1 aliphatic rings. The summed E-state index contributed by atoms with van der Waals surface area (Å²) in [4.78, 5) is 20.1. The number of likely N-dealkylation sites (tertiary alicyclic amines) is 1. The van der Waals surface area contributed by atoms with Gasteiger partial charge in [-0.3, -0.25) is 4.68 Å². The zero-order valence-electron chi connectivity index (χ0n) is 24.7. The Morgan fingerprint density at radius 3 is 2.48 bits per heavy atom. The van der Waals surface area contributed by atoms with Crippen LogP contribution in [0.1, 0.15) is 56.0 Å². The molecule has 2 unspecified atom stereocenters. The Morgan fingerprint density at radius 1 is 1.12 bits per heavy atom. The van der Waals surface area contributed by atoms with E-state index in [1.807, 2.05) is 69.8 Å². The molecule has 0 saturated carbocycles. The van der Waals surface area contributed by atoms with Gasteiger partial charge in [0, 0.05) is 46.6 Å². The first kappa shape index (κ1) is 28.8. The fourth-order valence-corrected chi connectivity index (χ4v) is 7.29. The molecule has 2 atom stereocenters. The van der Waals surface area contributed by atoms with Crippen LogP contribution in [0.4, 0.5) is 0 Å². The van der Waals surface area contributed by atoms with Crippen LogP contribution >= 0.6 is 22.9 Å². The molecule has 1 aliphatic heterocycles. The molecule has 0 radical (unpaired) electrons. The van der Waals surface area contributed by atoms with E-state index < -0.39 is 17.7 Å². The van der Waals surface area contributed by atoms with Crippen LogP contribution in [0.3, 0.4) is 0 Å². The molecule has 0 amide bonds. The lowest BCUT2D eigenvalue weighted by Crippen LogP contribution is -2.28. The first-order valence-corrected chi connectivity index (χ1v) is 15.3. The average molecular weight is 603 g/mol. The van der Waals surface area contributed by atoms with Gasteiger partial charge in [0.25, 0.3) is 0 Å². The number of nitrogens with zero attached hydrogens (tertiary/aromatic N) is 4. The molecule has 42 heavy (non-hydrogen) atoms. The van der Waals surface area contributed by atoms with Gasteiger partial charge in [-0.1, -0.05) is 23.7 Å². The Hall–Kier alpha value is -3.30. The smallest absolute Gasteiger partial charge is 0.337 e. The summed E-state index contributed by atoms with van der Waals surface area (Å²) in [5, 5.41) is 17.9. The lowest BCUT2D eigenvalue weighted by molar-refractivity contribution is -0.160. The number of thiazole rings is 1. The van der Waals surface area contributed by atoms with E-state index in [1.54, 1.807) is 11.3 Å². The number of rotatable bonds is 6. The van der Waals surface area contributed by atoms with Crippen molar-refractivity contribution in [3.63, 3.8) is 0 Å². The molecule has 0 bridgehead atoms. The summed E-state index contributed by atoms with van der Waals surface area (Å²) in [6.45, 7) is 9.63. The number of hydrogen-bond acceptors (Lipinski definition) is 6. The average Bonchev–Trinajstić information content (AvgIpc) is 3.63. The van der Waals surface area contributed by atoms with E-state index in [4.69, 9.17) is 26.4 Å². The topological polar surface area (TPSA) is 80.5 Å². The van der Waals surface area contributed by atoms with Crippen LogP contribution in [-0.4, -0.2) is 56.5 Å². The minimum Gasteiger partial charge on any atom is -0.479 e. The third-order valence-electron chi connectivity index (χ3n) is 7.92. The van der Waals surface area contributed by atoms with E-state index in [0.29, 0.717) is 16.5 Å². The Bertz CT molecular complexity index is 1820. The van der Waals surface area contributed by atoms with Crippen molar-refractivity contribution in [2.24, 2.45) is 7.05 Å². The molecule has 2 aromatic heterocycles. The highest BCUT2D eigenvalue weighted by atomic mass is 35.5. The first-order valence-electron chi connectivity index (χ1n) is 14.2. The fourth-order valence-electron chi connectivity index (χ4n) is 6.05. The largest absolute Gasteiger partial charge is 0.479 e. The molecule has 3 aromatic carbocycles. The van der Waals surface area contributed by atoms with Gasteiger partial charge < -0.3 is 14.7 Å². The van der Waals surface area contributed by atoms with Gasteiger partial charge in [0.05, 0.1) is 27.0 Å². The van der Waals surface area contributed by atoms with Crippen LogP contribution in [-0.2, 0) is 16.6 Å². The van der Waals surface area contributed by atoms with Gasteiger partial charge in [-0.2, -0.15) is 5.10 Å². The third-order valence-corrected chi connectivity index (χ3v) is 9.31. The van der Waals surface area contributed by atoms with Crippen molar-refractivity contribution in [3.8, 4) is 21.7 Å². The van der Waals surface area contributed by atoms with Crippen LogP contribution in [0.5, 0.6) is 0 Å². The van der Waals surface area contributed by atoms with Crippen molar-refractivity contribution in [1.29, 1.82) is 0 Å². The first-order chi connectivity index (χ1) is 19.9. The second-order valence-corrected chi connectivity index (χ2v) is 13.7. The molecule has 1 N–H and O–H groups in total. The van der Waals surface area contributed by atoms with Crippen LogP contribution in [0, 0.1) is 6.92 Å². The number of halogens is 1. The second-order valence-electron chi connectivity index (χ2n) is 12.3. The maximum atomic E-state index is 12.6. The summed E-state index contributed by atoms with van der Waals surface area (Å²) in [6, 6.07) is 15.9. The van der Waals surface area contributed by atoms with Crippen LogP contribution in [0.2, 0.25) is 5.02 Å². The SMILES string of the molecule is Cc1cc2nc(-c3ccc4c(c3)c(C3CCN(C)C3)nn4C)sc2c(-c2ccc(Cl)cc2)c1C(OC(C)(C)C)C(=O)O. The third kappa shape index (κ3) is 5.33. The summed E-state index contributed by atoms with van der Waals surface area (Å²) in [5.41, 5.74) is 6.57. The Kier molecular flexibility index (Phi) is 7.38. The highest BCUT2D eigenvalue weighted by Crippen LogP contribution is 2.45. The maximum Gasteiger partial charge on any atom is 0.337 e. The minimum absolute atomic E-state index is 0.404. The summed E-state index contributed by atoms with van der Waals surface area (Å²) in [5.74, 6) is -0.624. The van der Waals surface area contributed by atoms with Crippen molar-refractivity contribution in [2.75, 3.05) is 20.1 Å². The van der Waals surface area contributed by atoms with Crippen molar-refractivity contribution >= 4 is 50.0 Å². The minimum atomic E-state index is -1.15. The van der Waals surface area contributed by atoms with Crippen LogP contribution in [0.15, 0.2) is 48.5 Å². The summed E-state index contributed by atoms with van der Waals surface area (Å²) >= 11 is 7.82. The van der Waals surface area contributed by atoms with E-state index in [2.05, 4.69) is 30.1 Å². The number of benzene rings is 3. The Labute approximate surface area is 254 Å². The predicted octanol–water partition coefficient (Wildman–Crippen LogP) is 7.84. The molecular formula is C33H35ClN4O3S. The number of ether oxygens (including phenoxy) is 1. The second kappa shape index (κ2) is 10.8. The van der Waals surface area contributed by atoms with E-state index in [9.17, 15) is 9.90 Å². The fraction of sp³-hybridized carbons (Fsp3) is 0.364. The number of hydrogen-bond donors (Lipinski definition) is 1. The predicted molar refractivity (Wildman–Crippen MR) is 171 cm³/mol. The molecule has 1 fully saturated rings. The zero-order valence-corrected chi connectivity index (χ0v) is 26.3. The van der Waals surface area contributed by atoms with Crippen LogP contribution in [0.25, 0.3) is 42.8 Å². The normalized spacial score (nSPS) is 17.0. The molecule has 0 spiro atoms. The zero-order chi connectivity index (χ0) is 29.9. The number of aliphatic carboxylic acids is 1. The van der Waals surface area contributed by atoms with Crippen molar-refractivity contribution < 1.29 is 14.6 Å². The van der Waals surface area contributed by atoms with Gasteiger partial charge in [0.15, 0.2) is 6.10 Å². The van der Waals surface area contributed by atoms with Gasteiger partial charge in [-0.15, -0.1) is 11.3 Å². The number of aryl methyl sites for hydroxylation is 2. The number of carboxylic acid groups (broad SMARTS) is 1. The van der Waals surface area contributed by atoms with E-state index in [0.717, 1.165) is 73.6 Å².